The second-order valence-corrected chi connectivity index (χ2v) is 23.7. The molecule has 8 nitrogen and oxygen atoms in total. The predicted octanol–water partition coefficient (Wildman–Crippen LogP) is 22.0. The molecule has 15 heteroatoms. The van der Waals surface area contributed by atoms with E-state index in [-0.39, 0.29) is 100 Å². The maximum absolute atomic E-state index is 11.2. The Morgan fingerprint density at radius 1 is 0.247 bits per heavy atom. The Morgan fingerprint density at radius 2 is 0.382 bits per heavy atom. The molecular formula is C74H142O8S5Sn2. The second-order valence-electron chi connectivity index (χ2n) is 22.1. The van der Waals surface area contributed by atoms with Gasteiger partial charge in [0.1, 0.15) is 0 Å². The number of allylic oxidation sites excluding steroid dienone is 8. The summed E-state index contributed by atoms with van der Waals surface area (Å²) in [6.07, 6.45) is 75.7. The number of hydrogen-bond acceptors (Lipinski definition) is 12. The SMILES string of the molecule is C.C.CC/C=C/CCCCCCCCCCCC(=O)OCC[S-].CC/C=C/CCCCCCCCCCCC(=O)OCC[S-].CC/C=C/CCCCCCCCCCCC(=O)OCC[S-].CC/C=C/CCCCCCCCCCCC(=O)OCC[S-].S.[Sn+2].[Sn+2]. The average molecular weight is 1560 g/mol. The molecule has 0 rings (SSSR count). The number of carbonyl (C=O) groups excluding carboxylic acids is 4. The Morgan fingerprint density at radius 3 is 0.517 bits per heavy atom. The standard InChI is InChI=1S/4C18H34O2S.2CH4.H2S.2Sn/c4*1-2-3-4-5-6-7-8-9-10-11-12-13-14-15-18(19)20-16-17-21;;;;;/h4*3-4,21H,2,5-17H2,1H3;2*1H4;1H2;;/q;;;;;;;2*+2/p-4/b4*4-3+;;;;;. The van der Waals surface area contributed by atoms with Crippen molar-refractivity contribution in [3.63, 3.8) is 0 Å². The van der Waals surface area contributed by atoms with Gasteiger partial charge in [-0.3, -0.25) is 19.2 Å². The third-order valence-corrected chi connectivity index (χ3v) is 14.7. The molecule has 0 aromatic rings. The van der Waals surface area contributed by atoms with Gasteiger partial charge >= 0.3 is 71.7 Å². The van der Waals surface area contributed by atoms with Crippen molar-refractivity contribution in [3.8, 4) is 0 Å². The maximum atomic E-state index is 11.2. The van der Waals surface area contributed by atoms with E-state index in [9.17, 15) is 19.2 Å². The zero-order chi connectivity index (χ0) is 62.4. The molecule has 0 aromatic heterocycles. The molecule has 0 fully saturated rings. The van der Waals surface area contributed by atoms with Crippen molar-refractivity contribution in [3.05, 3.63) is 48.6 Å². The number of rotatable bonds is 60. The normalized spacial score (nSPS) is 10.5. The van der Waals surface area contributed by atoms with Crippen molar-refractivity contribution >= 4 is 136 Å². The fourth-order valence-corrected chi connectivity index (χ4v) is 9.46. The van der Waals surface area contributed by atoms with Crippen molar-refractivity contribution in [2.75, 3.05) is 49.4 Å². The quantitative estimate of drug-likeness (QED) is 0.0145. The van der Waals surface area contributed by atoms with Gasteiger partial charge in [0.25, 0.3) is 0 Å². The molecule has 0 bridgehead atoms. The van der Waals surface area contributed by atoms with Crippen molar-refractivity contribution < 1.29 is 38.1 Å². The molecule has 524 valence electrons. The number of carbonyl (C=O) groups is 4. The average Bonchev–Trinajstić information content (AvgIpc) is 3.50. The van der Waals surface area contributed by atoms with Crippen molar-refractivity contribution in [1.29, 1.82) is 0 Å². The molecule has 0 spiro atoms. The molecule has 4 radical (unpaired) electrons. The summed E-state index contributed by atoms with van der Waals surface area (Å²) in [7, 11) is 0. The van der Waals surface area contributed by atoms with E-state index in [1.165, 1.54) is 205 Å². The summed E-state index contributed by atoms with van der Waals surface area (Å²) in [6, 6.07) is 0. The molecule has 0 aliphatic heterocycles. The summed E-state index contributed by atoms with van der Waals surface area (Å²) in [4.78, 5) is 44.9. The van der Waals surface area contributed by atoms with Gasteiger partial charge in [0.15, 0.2) is 0 Å². The number of ether oxygens (including phenoxy) is 4. The van der Waals surface area contributed by atoms with Crippen LogP contribution in [-0.2, 0) is 88.6 Å². The van der Waals surface area contributed by atoms with Gasteiger partial charge in [-0.15, -0.1) is 23.0 Å². The number of unbranched alkanes of at least 4 members (excludes halogenated alkanes) is 36. The first-order chi connectivity index (χ1) is 41.2. The van der Waals surface area contributed by atoms with E-state index < -0.39 is 0 Å². The molecule has 0 aliphatic rings. The Bertz CT molecular complexity index is 1230. The second kappa shape index (κ2) is 104. The summed E-state index contributed by atoms with van der Waals surface area (Å²) in [5.41, 5.74) is 0. The van der Waals surface area contributed by atoms with E-state index in [1.54, 1.807) is 0 Å². The topological polar surface area (TPSA) is 105 Å². The van der Waals surface area contributed by atoms with Crippen LogP contribution in [0.5, 0.6) is 0 Å². The van der Waals surface area contributed by atoms with Gasteiger partial charge < -0.3 is 69.5 Å². The van der Waals surface area contributed by atoms with Gasteiger partial charge in [0.2, 0.25) is 0 Å². The van der Waals surface area contributed by atoms with E-state index >= 15 is 0 Å². The van der Waals surface area contributed by atoms with Crippen LogP contribution in [0.25, 0.3) is 0 Å². The first-order valence-electron chi connectivity index (χ1n) is 34.8. The Kier molecular flexibility index (Phi) is 126. The third kappa shape index (κ3) is 113. The Balaban J connectivity index is -0.000000134. The van der Waals surface area contributed by atoms with Crippen LogP contribution >= 0.6 is 13.5 Å². The molecule has 0 atom stereocenters. The van der Waals surface area contributed by atoms with E-state index in [0.29, 0.717) is 75.1 Å². The van der Waals surface area contributed by atoms with E-state index in [1.807, 2.05) is 0 Å². The number of esters is 4. The van der Waals surface area contributed by atoms with Gasteiger partial charge in [-0.1, -0.05) is 271 Å². The smallest absolute Gasteiger partial charge is 0.789 e. The minimum absolute atomic E-state index is 0. The van der Waals surface area contributed by atoms with Crippen LogP contribution in [0.3, 0.4) is 0 Å². The van der Waals surface area contributed by atoms with E-state index in [2.05, 4.69) is 76.3 Å². The molecule has 0 saturated carbocycles. The van der Waals surface area contributed by atoms with Crippen LogP contribution in [0.2, 0.25) is 0 Å². The molecule has 0 saturated heterocycles. The van der Waals surface area contributed by atoms with Crippen LogP contribution < -0.4 is 0 Å². The molecule has 0 aromatic carbocycles. The van der Waals surface area contributed by atoms with Gasteiger partial charge in [0, 0.05) is 25.7 Å². The summed E-state index contributed by atoms with van der Waals surface area (Å²) >= 11 is 18.9. The van der Waals surface area contributed by atoms with Gasteiger partial charge in [0.05, 0.1) is 26.4 Å². The first-order valence-corrected chi connectivity index (χ1v) is 37.1. The molecule has 0 amide bonds. The van der Waals surface area contributed by atoms with Crippen LogP contribution in [0, 0.1) is 0 Å². The fourth-order valence-electron chi connectivity index (χ4n) is 9.12. The minimum atomic E-state index is -0.0861. The zero-order valence-corrected chi connectivity index (χ0v) is 66.6. The number of hydrogen-bond donors (Lipinski definition) is 0. The summed E-state index contributed by atoms with van der Waals surface area (Å²) < 4.78 is 19.8. The predicted molar refractivity (Wildman–Crippen MR) is 409 cm³/mol. The molecular weight excluding hydrogens is 1410 g/mol. The van der Waals surface area contributed by atoms with Gasteiger partial charge in [-0.25, -0.2) is 0 Å². The zero-order valence-electron chi connectivity index (χ0n) is 56.6. The first kappa shape index (κ1) is 108. The molecule has 0 N–H and O–H groups in total. The minimum Gasteiger partial charge on any atom is -0.789 e. The summed E-state index contributed by atoms with van der Waals surface area (Å²) in [5, 5.41) is 0. The van der Waals surface area contributed by atoms with E-state index in [0.717, 1.165) is 77.0 Å². The van der Waals surface area contributed by atoms with Gasteiger partial charge in [-0.2, -0.15) is 13.5 Å². The maximum Gasteiger partial charge on any atom is 2.00 e. The van der Waals surface area contributed by atoms with Crippen LogP contribution in [0.15, 0.2) is 48.6 Å². The van der Waals surface area contributed by atoms with E-state index in [4.69, 9.17) is 69.5 Å². The fraction of sp³-hybridized carbons (Fsp3) is 0.838. The van der Waals surface area contributed by atoms with Crippen LogP contribution in [-0.4, -0.2) is 121 Å². The van der Waals surface area contributed by atoms with Crippen LogP contribution in [0.1, 0.15) is 351 Å². The van der Waals surface area contributed by atoms with Crippen molar-refractivity contribution in [2.45, 2.75) is 351 Å². The van der Waals surface area contributed by atoms with Crippen LogP contribution in [0.4, 0.5) is 0 Å². The largest absolute Gasteiger partial charge is 2.00 e. The summed E-state index contributed by atoms with van der Waals surface area (Å²) in [5.74, 6) is 1.66. The summed E-state index contributed by atoms with van der Waals surface area (Å²) in [6.45, 7) is 10.3. The Hall–Kier alpha value is 0.187. The van der Waals surface area contributed by atoms with Gasteiger partial charge in [-0.05, 0) is 103 Å². The monoisotopic (exact) mass is 1560 g/mol. The Labute approximate surface area is 617 Å². The third-order valence-electron chi connectivity index (χ3n) is 14.0. The van der Waals surface area contributed by atoms with Crippen molar-refractivity contribution in [2.24, 2.45) is 0 Å². The molecule has 89 heavy (non-hydrogen) atoms. The molecule has 0 aliphatic carbocycles. The molecule has 0 unspecified atom stereocenters. The van der Waals surface area contributed by atoms with Crippen molar-refractivity contribution in [1.82, 2.24) is 0 Å². The molecule has 0 heterocycles.